The van der Waals surface area contributed by atoms with Crippen molar-refractivity contribution in [2.75, 3.05) is 0 Å². The Balaban J connectivity index is 2.61. The smallest absolute Gasteiger partial charge is 0.0817 e. The van der Waals surface area contributed by atoms with Gasteiger partial charge in [0.25, 0.3) is 0 Å². The molecule has 0 spiro atoms. The Bertz CT molecular complexity index is 323. The highest BCUT2D eigenvalue weighted by Gasteiger charge is 2.13. The minimum absolute atomic E-state index is 0.550. The molecule has 2 nitrogen and oxygen atoms in total. The number of rotatable bonds is 6. The van der Waals surface area contributed by atoms with Gasteiger partial charge >= 0.3 is 0 Å². The maximum Gasteiger partial charge on any atom is 0.0817 e. The summed E-state index contributed by atoms with van der Waals surface area (Å²) >= 11 is 9.85. The SMILES string of the molecule is CCCn1ncc(Cl)c1CCC(Br)C(C)C. The first-order chi connectivity index (χ1) is 7.56. The van der Waals surface area contributed by atoms with E-state index in [1.807, 2.05) is 4.68 Å². The summed E-state index contributed by atoms with van der Waals surface area (Å²) in [7, 11) is 0. The first-order valence-electron chi connectivity index (χ1n) is 5.90. The van der Waals surface area contributed by atoms with E-state index in [0.717, 1.165) is 30.8 Å². The molecule has 0 aliphatic heterocycles. The van der Waals surface area contributed by atoms with Crippen LogP contribution in [0.3, 0.4) is 0 Å². The second-order valence-corrected chi connectivity index (χ2v) is 6.04. The molecule has 16 heavy (non-hydrogen) atoms. The Morgan fingerprint density at radius 2 is 2.19 bits per heavy atom. The molecule has 1 rings (SSSR count). The van der Waals surface area contributed by atoms with Crippen LogP contribution in [-0.2, 0) is 13.0 Å². The van der Waals surface area contributed by atoms with Crippen LogP contribution in [0.4, 0.5) is 0 Å². The molecule has 1 aromatic rings. The highest BCUT2D eigenvalue weighted by Crippen LogP contribution is 2.22. The fourth-order valence-electron chi connectivity index (χ4n) is 1.65. The van der Waals surface area contributed by atoms with Crippen molar-refractivity contribution in [1.82, 2.24) is 9.78 Å². The van der Waals surface area contributed by atoms with Crippen LogP contribution in [0.1, 0.15) is 39.3 Å². The van der Waals surface area contributed by atoms with Crippen LogP contribution < -0.4 is 0 Å². The van der Waals surface area contributed by atoms with Crippen molar-refractivity contribution >= 4 is 27.5 Å². The van der Waals surface area contributed by atoms with Crippen molar-refractivity contribution in [3.05, 3.63) is 16.9 Å². The number of alkyl halides is 1. The lowest BCUT2D eigenvalue weighted by atomic mass is 10.1. The summed E-state index contributed by atoms with van der Waals surface area (Å²) in [6.07, 6.45) is 4.94. The number of hydrogen-bond donors (Lipinski definition) is 0. The van der Waals surface area contributed by atoms with Gasteiger partial charge < -0.3 is 0 Å². The normalized spacial score (nSPS) is 13.4. The maximum atomic E-state index is 6.15. The predicted octanol–water partition coefficient (Wildman–Crippen LogP) is 4.30. The second-order valence-electron chi connectivity index (χ2n) is 4.46. The van der Waals surface area contributed by atoms with E-state index >= 15 is 0 Å². The maximum absolute atomic E-state index is 6.15. The minimum atomic E-state index is 0.550. The van der Waals surface area contributed by atoms with Crippen LogP contribution in [0.25, 0.3) is 0 Å². The lowest BCUT2D eigenvalue weighted by molar-refractivity contribution is 0.539. The molecular formula is C12H20BrClN2. The number of hydrogen-bond acceptors (Lipinski definition) is 1. The van der Waals surface area contributed by atoms with Crippen LogP contribution >= 0.6 is 27.5 Å². The van der Waals surface area contributed by atoms with E-state index in [-0.39, 0.29) is 0 Å². The summed E-state index contributed by atoms with van der Waals surface area (Å²) in [5.41, 5.74) is 1.17. The monoisotopic (exact) mass is 306 g/mol. The molecule has 0 saturated heterocycles. The van der Waals surface area contributed by atoms with E-state index in [1.54, 1.807) is 6.20 Å². The summed E-state index contributed by atoms with van der Waals surface area (Å²) in [6, 6.07) is 0. The molecule has 0 saturated carbocycles. The molecule has 0 N–H and O–H groups in total. The summed E-state index contributed by atoms with van der Waals surface area (Å²) < 4.78 is 2.03. The molecule has 1 heterocycles. The van der Waals surface area contributed by atoms with Crippen molar-refractivity contribution in [3.63, 3.8) is 0 Å². The second kappa shape index (κ2) is 6.65. The van der Waals surface area contributed by atoms with Gasteiger partial charge in [0.05, 0.1) is 16.9 Å². The summed E-state index contributed by atoms with van der Waals surface area (Å²) in [4.78, 5) is 0.550. The topological polar surface area (TPSA) is 17.8 Å². The Morgan fingerprint density at radius 3 is 2.75 bits per heavy atom. The van der Waals surface area contributed by atoms with Gasteiger partial charge in [-0.25, -0.2) is 0 Å². The largest absolute Gasteiger partial charge is 0.268 e. The lowest BCUT2D eigenvalue weighted by Crippen LogP contribution is -2.11. The average molecular weight is 308 g/mol. The standard InChI is InChI=1S/C12H20BrClN2/c1-4-7-16-12(11(14)8-15-16)6-5-10(13)9(2)3/h8-10H,4-7H2,1-3H3. The molecule has 1 unspecified atom stereocenters. The molecular weight excluding hydrogens is 288 g/mol. The van der Waals surface area contributed by atoms with Crippen molar-refractivity contribution in [2.45, 2.75) is 51.4 Å². The number of nitrogens with zero attached hydrogens (tertiary/aromatic N) is 2. The third-order valence-corrected chi connectivity index (χ3v) is 4.54. The van der Waals surface area contributed by atoms with E-state index in [2.05, 4.69) is 41.8 Å². The molecule has 0 aliphatic rings. The summed E-state index contributed by atoms with van der Waals surface area (Å²) in [5, 5.41) is 5.10. The summed E-state index contributed by atoms with van der Waals surface area (Å²) in [6.45, 7) is 7.56. The molecule has 1 aromatic heterocycles. The van der Waals surface area contributed by atoms with E-state index in [0.29, 0.717) is 10.7 Å². The lowest BCUT2D eigenvalue weighted by Gasteiger charge is -2.14. The van der Waals surface area contributed by atoms with E-state index < -0.39 is 0 Å². The zero-order chi connectivity index (χ0) is 12.1. The van der Waals surface area contributed by atoms with Gasteiger partial charge in [0.15, 0.2) is 0 Å². The molecule has 0 aliphatic carbocycles. The van der Waals surface area contributed by atoms with Gasteiger partial charge in [-0.05, 0) is 25.2 Å². The third-order valence-electron chi connectivity index (χ3n) is 2.71. The third kappa shape index (κ3) is 3.77. The van der Waals surface area contributed by atoms with Gasteiger partial charge in [0.1, 0.15) is 0 Å². The van der Waals surface area contributed by atoms with E-state index in [1.165, 1.54) is 5.69 Å². The molecule has 0 amide bonds. The Labute approximate surface area is 111 Å². The van der Waals surface area contributed by atoms with Crippen LogP contribution in [0.5, 0.6) is 0 Å². The van der Waals surface area contributed by atoms with Crippen molar-refractivity contribution in [2.24, 2.45) is 5.92 Å². The molecule has 4 heteroatoms. The van der Waals surface area contributed by atoms with Crippen LogP contribution in [0, 0.1) is 5.92 Å². The Kier molecular flexibility index (Phi) is 5.84. The number of aryl methyl sites for hydroxylation is 1. The van der Waals surface area contributed by atoms with Gasteiger partial charge in [0.2, 0.25) is 0 Å². The molecule has 0 radical (unpaired) electrons. The van der Waals surface area contributed by atoms with Gasteiger partial charge in [0, 0.05) is 11.4 Å². The van der Waals surface area contributed by atoms with Crippen molar-refractivity contribution in [3.8, 4) is 0 Å². The highest BCUT2D eigenvalue weighted by atomic mass is 79.9. The van der Waals surface area contributed by atoms with Gasteiger partial charge in [-0.2, -0.15) is 5.10 Å². The number of aromatic nitrogens is 2. The molecule has 1 atom stereocenters. The highest BCUT2D eigenvalue weighted by molar-refractivity contribution is 9.09. The van der Waals surface area contributed by atoms with Crippen LogP contribution in [0.2, 0.25) is 5.02 Å². The Morgan fingerprint density at radius 1 is 1.50 bits per heavy atom. The Hall–Kier alpha value is -0.0200. The molecule has 92 valence electrons. The molecule has 0 fully saturated rings. The zero-order valence-corrected chi connectivity index (χ0v) is 12.6. The number of halogens is 2. The van der Waals surface area contributed by atoms with Crippen LogP contribution in [0.15, 0.2) is 6.20 Å². The van der Waals surface area contributed by atoms with E-state index in [9.17, 15) is 0 Å². The van der Waals surface area contributed by atoms with Gasteiger partial charge in [-0.1, -0.05) is 48.3 Å². The van der Waals surface area contributed by atoms with Gasteiger partial charge in [-0.3, -0.25) is 4.68 Å². The van der Waals surface area contributed by atoms with E-state index in [4.69, 9.17) is 11.6 Å². The van der Waals surface area contributed by atoms with Crippen molar-refractivity contribution in [1.29, 1.82) is 0 Å². The first-order valence-corrected chi connectivity index (χ1v) is 7.19. The molecule has 0 bridgehead atoms. The summed E-state index contributed by atoms with van der Waals surface area (Å²) in [5.74, 6) is 0.654. The minimum Gasteiger partial charge on any atom is -0.268 e. The fourth-order valence-corrected chi connectivity index (χ4v) is 2.11. The van der Waals surface area contributed by atoms with Crippen molar-refractivity contribution < 1.29 is 0 Å². The van der Waals surface area contributed by atoms with Crippen LogP contribution in [-0.4, -0.2) is 14.6 Å². The average Bonchev–Trinajstić information content (AvgIpc) is 2.57. The van der Waals surface area contributed by atoms with Gasteiger partial charge in [-0.15, -0.1) is 0 Å². The fraction of sp³-hybridized carbons (Fsp3) is 0.750. The predicted molar refractivity (Wildman–Crippen MR) is 73.4 cm³/mol. The molecule has 0 aromatic carbocycles. The first kappa shape index (κ1) is 14.0. The zero-order valence-electron chi connectivity index (χ0n) is 10.2. The quantitative estimate of drug-likeness (QED) is 0.717.